The van der Waals surface area contributed by atoms with Gasteiger partial charge < -0.3 is 5.32 Å². The molecule has 3 rings (SSSR count). The smallest absolute Gasteiger partial charge is 0.252 e. The van der Waals surface area contributed by atoms with Crippen LogP contribution in [0.2, 0.25) is 0 Å². The van der Waals surface area contributed by atoms with Crippen LogP contribution in [0.1, 0.15) is 38.7 Å². The fraction of sp³-hybridized carbons (Fsp3) is 0.143. The van der Waals surface area contributed by atoms with Crippen LogP contribution >= 0.6 is 0 Å². The summed E-state index contributed by atoms with van der Waals surface area (Å²) in [5.41, 5.74) is 5.20. The lowest BCUT2D eigenvalue weighted by molar-refractivity contribution is 0.0943. The molecule has 3 nitrogen and oxygen atoms in total. The van der Waals surface area contributed by atoms with Gasteiger partial charge in [0.2, 0.25) is 0 Å². The Balaban J connectivity index is 1.96. The molecule has 0 aliphatic rings. The molecule has 120 valence electrons. The van der Waals surface area contributed by atoms with E-state index in [4.69, 9.17) is 0 Å². The van der Waals surface area contributed by atoms with Gasteiger partial charge in [-0.05, 0) is 48.2 Å². The topological polar surface area (TPSA) is 42.0 Å². The van der Waals surface area contributed by atoms with E-state index in [9.17, 15) is 4.79 Å². The third-order valence-corrected chi connectivity index (χ3v) is 4.22. The van der Waals surface area contributed by atoms with Gasteiger partial charge in [0.15, 0.2) is 0 Å². The standard InChI is InChI=1S/C21H20N2O/c1-15-8-9-19(14-16(15)2)20(17-6-4-3-5-7-17)23-21(24)18-10-12-22-13-11-18/h3-14,20H,1-2H3,(H,23,24)/t20-/m1/s1. The first-order valence-corrected chi connectivity index (χ1v) is 7.98. The summed E-state index contributed by atoms with van der Waals surface area (Å²) in [6, 6.07) is 19.6. The molecule has 3 heteroatoms. The molecule has 0 spiro atoms. The second kappa shape index (κ2) is 7.09. The zero-order valence-electron chi connectivity index (χ0n) is 13.9. The molecule has 0 unspecified atom stereocenters. The highest BCUT2D eigenvalue weighted by Crippen LogP contribution is 2.24. The van der Waals surface area contributed by atoms with E-state index in [1.54, 1.807) is 24.5 Å². The fourth-order valence-corrected chi connectivity index (χ4v) is 2.67. The Morgan fingerprint density at radius 3 is 2.25 bits per heavy atom. The predicted molar refractivity (Wildman–Crippen MR) is 95.9 cm³/mol. The van der Waals surface area contributed by atoms with Crippen molar-refractivity contribution in [3.63, 3.8) is 0 Å². The average Bonchev–Trinajstić information content (AvgIpc) is 2.63. The van der Waals surface area contributed by atoms with E-state index in [0.717, 1.165) is 11.1 Å². The van der Waals surface area contributed by atoms with Gasteiger partial charge in [0.1, 0.15) is 0 Å². The molecular formula is C21H20N2O. The van der Waals surface area contributed by atoms with Crippen LogP contribution in [0.4, 0.5) is 0 Å². The lowest BCUT2D eigenvalue weighted by atomic mass is 9.95. The third kappa shape index (κ3) is 3.51. The number of carbonyl (C=O) groups is 1. The number of carbonyl (C=O) groups excluding carboxylic acids is 1. The molecule has 0 saturated heterocycles. The summed E-state index contributed by atoms with van der Waals surface area (Å²) >= 11 is 0. The van der Waals surface area contributed by atoms with Crippen molar-refractivity contribution >= 4 is 5.91 Å². The monoisotopic (exact) mass is 316 g/mol. The van der Waals surface area contributed by atoms with E-state index in [1.165, 1.54) is 11.1 Å². The lowest BCUT2D eigenvalue weighted by Crippen LogP contribution is -2.29. The molecular weight excluding hydrogens is 296 g/mol. The normalized spacial score (nSPS) is 11.8. The van der Waals surface area contributed by atoms with E-state index in [2.05, 4.69) is 42.3 Å². The van der Waals surface area contributed by atoms with Crippen LogP contribution in [0.25, 0.3) is 0 Å². The summed E-state index contributed by atoms with van der Waals surface area (Å²) in [7, 11) is 0. The van der Waals surface area contributed by atoms with Crippen LogP contribution < -0.4 is 5.32 Å². The number of hydrogen-bond acceptors (Lipinski definition) is 2. The highest BCUT2D eigenvalue weighted by atomic mass is 16.1. The molecule has 24 heavy (non-hydrogen) atoms. The number of hydrogen-bond donors (Lipinski definition) is 1. The summed E-state index contributed by atoms with van der Waals surface area (Å²) in [6.45, 7) is 4.18. The lowest BCUT2D eigenvalue weighted by Gasteiger charge is -2.21. The van der Waals surface area contributed by atoms with E-state index in [0.29, 0.717) is 5.56 Å². The van der Waals surface area contributed by atoms with Crippen LogP contribution in [0, 0.1) is 13.8 Å². The molecule has 0 aliphatic heterocycles. The molecule has 0 aliphatic carbocycles. The van der Waals surface area contributed by atoms with Gasteiger partial charge in [-0.1, -0.05) is 48.5 Å². The number of pyridine rings is 1. The number of aromatic nitrogens is 1. The summed E-state index contributed by atoms with van der Waals surface area (Å²) in [4.78, 5) is 16.6. The van der Waals surface area contributed by atoms with Crippen molar-refractivity contribution in [3.05, 3.63) is 101 Å². The maximum atomic E-state index is 12.6. The zero-order valence-corrected chi connectivity index (χ0v) is 13.9. The molecule has 3 aromatic rings. The molecule has 0 bridgehead atoms. The van der Waals surface area contributed by atoms with Gasteiger partial charge >= 0.3 is 0 Å². The Kier molecular flexibility index (Phi) is 4.71. The first-order valence-electron chi connectivity index (χ1n) is 7.98. The molecule has 1 atom stereocenters. The van der Waals surface area contributed by atoms with Crippen molar-refractivity contribution < 1.29 is 4.79 Å². The Morgan fingerprint density at radius 2 is 1.58 bits per heavy atom. The summed E-state index contributed by atoms with van der Waals surface area (Å²) in [5, 5.41) is 3.15. The fourth-order valence-electron chi connectivity index (χ4n) is 2.67. The summed E-state index contributed by atoms with van der Waals surface area (Å²) < 4.78 is 0. The van der Waals surface area contributed by atoms with E-state index < -0.39 is 0 Å². The van der Waals surface area contributed by atoms with Gasteiger partial charge in [-0.25, -0.2) is 0 Å². The quantitative estimate of drug-likeness (QED) is 0.783. The minimum atomic E-state index is -0.189. The Hall–Kier alpha value is -2.94. The maximum absolute atomic E-state index is 12.6. The zero-order chi connectivity index (χ0) is 16.9. The van der Waals surface area contributed by atoms with E-state index >= 15 is 0 Å². The van der Waals surface area contributed by atoms with E-state index in [1.807, 2.05) is 30.3 Å². The minimum Gasteiger partial charge on any atom is -0.341 e. The van der Waals surface area contributed by atoms with Gasteiger partial charge in [-0.2, -0.15) is 0 Å². The number of amides is 1. The molecule has 0 radical (unpaired) electrons. The van der Waals surface area contributed by atoms with Gasteiger partial charge in [0, 0.05) is 18.0 Å². The average molecular weight is 316 g/mol. The van der Waals surface area contributed by atoms with Crippen LogP contribution in [-0.4, -0.2) is 10.9 Å². The molecule has 0 saturated carbocycles. The molecule has 2 aromatic carbocycles. The van der Waals surface area contributed by atoms with Gasteiger partial charge in [0.05, 0.1) is 6.04 Å². The van der Waals surface area contributed by atoms with Crippen molar-refractivity contribution in [2.24, 2.45) is 0 Å². The van der Waals surface area contributed by atoms with Crippen LogP contribution in [0.5, 0.6) is 0 Å². The minimum absolute atomic E-state index is 0.107. The van der Waals surface area contributed by atoms with Crippen molar-refractivity contribution in [2.45, 2.75) is 19.9 Å². The number of benzene rings is 2. The summed E-state index contributed by atoms with van der Waals surface area (Å²) in [5.74, 6) is -0.107. The highest BCUT2D eigenvalue weighted by molar-refractivity contribution is 5.94. The molecule has 0 fully saturated rings. The molecule has 1 amide bonds. The van der Waals surface area contributed by atoms with Crippen LogP contribution in [0.15, 0.2) is 73.1 Å². The highest BCUT2D eigenvalue weighted by Gasteiger charge is 2.18. The molecule has 1 aromatic heterocycles. The first-order chi connectivity index (χ1) is 11.6. The second-order valence-electron chi connectivity index (χ2n) is 5.90. The van der Waals surface area contributed by atoms with Crippen molar-refractivity contribution in [3.8, 4) is 0 Å². The Morgan fingerprint density at radius 1 is 0.875 bits per heavy atom. The van der Waals surface area contributed by atoms with Gasteiger partial charge in [-0.15, -0.1) is 0 Å². The Bertz CT molecular complexity index is 829. The van der Waals surface area contributed by atoms with Crippen molar-refractivity contribution in [1.82, 2.24) is 10.3 Å². The maximum Gasteiger partial charge on any atom is 0.252 e. The van der Waals surface area contributed by atoms with Crippen LogP contribution in [-0.2, 0) is 0 Å². The number of rotatable bonds is 4. The summed E-state index contributed by atoms with van der Waals surface area (Å²) in [6.07, 6.45) is 3.25. The van der Waals surface area contributed by atoms with Crippen molar-refractivity contribution in [1.29, 1.82) is 0 Å². The van der Waals surface area contributed by atoms with Gasteiger partial charge in [0.25, 0.3) is 5.91 Å². The number of aryl methyl sites for hydroxylation is 2. The first kappa shape index (κ1) is 15.9. The predicted octanol–water partition coefficient (Wildman–Crippen LogP) is 4.22. The SMILES string of the molecule is Cc1ccc([C@H](NC(=O)c2ccncc2)c2ccccc2)cc1C. The number of nitrogens with one attached hydrogen (secondary N) is 1. The molecule has 1 heterocycles. The number of nitrogens with zero attached hydrogens (tertiary/aromatic N) is 1. The van der Waals surface area contributed by atoms with E-state index in [-0.39, 0.29) is 11.9 Å². The third-order valence-electron chi connectivity index (χ3n) is 4.22. The largest absolute Gasteiger partial charge is 0.341 e. The molecule has 1 N–H and O–H groups in total. The van der Waals surface area contributed by atoms with Gasteiger partial charge in [-0.3, -0.25) is 9.78 Å². The second-order valence-corrected chi connectivity index (χ2v) is 5.90. The van der Waals surface area contributed by atoms with Crippen LogP contribution in [0.3, 0.4) is 0 Å². The Labute approximate surface area is 142 Å². The van der Waals surface area contributed by atoms with Crippen molar-refractivity contribution in [2.75, 3.05) is 0 Å².